The molecule has 0 aliphatic rings. The van der Waals surface area contributed by atoms with Crippen LogP contribution in [0.15, 0.2) is 48.5 Å². The van der Waals surface area contributed by atoms with Crippen LogP contribution in [-0.2, 0) is 6.42 Å². The van der Waals surface area contributed by atoms with Gasteiger partial charge in [0.05, 0.1) is 7.11 Å². The number of hydrogen-bond donors (Lipinski definition) is 1. The summed E-state index contributed by atoms with van der Waals surface area (Å²) in [6.07, 6.45) is 0.942. The van der Waals surface area contributed by atoms with E-state index in [4.69, 9.17) is 4.74 Å². The molecule has 100 valence electrons. The van der Waals surface area contributed by atoms with Gasteiger partial charge in [-0.05, 0) is 44.0 Å². The van der Waals surface area contributed by atoms with Gasteiger partial charge in [-0.1, -0.05) is 35.9 Å². The molecule has 1 unspecified atom stereocenters. The van der Waals surface area contributed by atoms with Gasteiger partial charge in [-0.25, -0.2) is 0 Å². The predicted octanol–water partition coefficient (Wildman–Crippen LogP) is 4.05. The molecule has 0 aliphatic carbocycles. The van der Waals surface area contributed by atoms with E-state index in [0.717, 1.165) is 17.9 Å². The molecule has 2 rings (SSSR count). The van der Waals surface area contributed by atoms with E-state index < -0.39 is 0 Å². The number of benzene rings is 2. The maximum atomic E-state index is 5.38. The minimum Gasteiger partial charge on any atom is -0.496 e. The predicted molar refractivity (Wildman–Crippen MR) is 81.0 cm³/mol. The molecule has 1 atom stereocenters. The second-order valence-electron chi connectivity index (χ2n) is 4.93. The Morgan fingerprint density at radius 3 is 2.42 bits per heavy atom. The molecule has 0 fully saturated rings. The molecule has 2 heteroatoms. The van der Waals surface area contributed by atoms with Gasteiger partial charge in [-0.2, -0.15) is 0 Å². The van der Waals surface area contributed by atoms with Gasteiger partial charge in [0.1, 0.15) is 5.75 Å². The molecule has 19 heavy (non-hydrogen) atoms. The Morgan fingerprint density at radius 1 is 1.05 bits per heavy atom. The number of hydrogen-bond acceptors (Lipinski definition) is 2. The quantitative estimate of drug-likeness (QED) is 0.870. The summed E-state index contributed by atoms with van der Waals surface area (Å²) in [5, 5.41) is 3.51. The Balaban J connectivity index is 2.01. The van der Waals surface area contributed by atoms with Crippen LogP contribution in [0.1, 0.15) is 18.1 Å². The molecule has 0 heterocycles. The van der Waals surface area contributed by atoms with Crippen molar-refractivity contribution in [1.29, 1.82) is 0 Å². The smallest absolute Gasteiger partial charge is 0.122 e. The summed E-state index contributed by atoms with van der Waals surface area (Å²) in [5.41, 5.74) is 3.67. The van der Waals surface area contributed by atoms with E-state index in [9.17, 15) is 0 Å². The highest BCUT2D eigenvalue weighted by Crippen LogP contribution is 2.20. The van der Waals surface area contributed by atoms with Gasteiger partial charge >= 0.3 is 0 Å². The summed E-state index contributed by atoms with van der Waals surface area (Å²) >= 11 is 0. The first-order valence-corrected chi connectivity index (χ1v) is 6.64. The van der Waals surface area contributed by atoms with Crippen molar-refractivity contribution in [2.45, 2.75) is 26.3 Å². The molecule has 0 saturated carbocycles. The fourth-order valence-corrected chi connectivity index (χ4v) is 2.19. The van der Waals surface area contributed by atoms with Crippen LogP contribution in [0, 0.1) is 6.92 Å². The number of anilines is 1. The Hall–Kier alpha value is -1.96. The van der Waals surface area contributed by atoms with E-state index in [-0.39, 0.29) is 0 Å². The number of nitrogens with one attached hydrogen (secondary N) is 1. The van der Waals surface area contributed by atoms with Crippen molar-refractivity contribution >= 4 is 5.69 Å². The molecule has 0 aromatic heterocycles. The highest BCUT2D eigenvalue weighted by molar-refractivity contribution is 5.45. The normalized spacial score (nSPS) is 11.9. The first kappa shape index (κ1) is 13.5. The van der Waals surface area contributed by atoms with E-state index >= 15 is 0 Å². The average molecular weight is 255 g/mol. The zero-order valence-electron chi connectivity index (χ0n) is 11.8. The van der Waals surface area contributed by atoms with Gasteiger partial charge in [0.15, 0.2) is 0 Å². The standard InChI is InChI=1S/C17H21NO/c1-13-8-10-16(11-9-13)18-14(2)12-15-6-4-5-7-17(15)19-3/h4-11,14,18H,12H2,1-3H3. The Labute approximate surface area is 115 Å². The van der Waals surface area contributed by atoms with Crippen LogP contribution in [0.4, 0.5) is 5.69 Å². The van der Waals surface area contributed by atoms with Crippen molar-refractivity contribution in [3.8, 4) is 5.75 Å². The fourth-order valence-electron chi connectivity index (χ4n) is 2.19. The molecular weight excluding hydrogens is 234 g/mol. The first-order valence-electron chi connectivity index (χ1n) is 6.64. The minimum absolute atomic E-state index is 0.360. The Bertz CT molecular complexity index is 519. The monoisotopic (exact) mass is 255 g/mol. The molecule has 0 radical (unpaired) electrons. The lowest BCUT2D eigenvalue weighted by Crippen LogP contribution is -2.18. The van der Waals surface area contributed by atoms with Crippen LogP contribution in [0.2, 0.25) is 0 Å². The fraction of sp³-hybridized carbons (Fsp3) is 0.294. The van der Waals surface area contributed by atoms with Gasteiger partial charge < -0.3 is 10.1 Å². The van der Waals surface area contributed by atoms with Crippen LogP contribution < -0.4 is 10.1 Å². The topological polar surface area (TPSA) is 21.3 Å². The van der Waals surface area contributed by atoms with Crippen molar-refractivity contribution < 1.29 is 4.74 Å². The summed E-state index contributed by atoms with van der Waals surface area (Å²) in [6.45, 7) is 4.29. The van der Waals surface area contributed by atoms with E-state index in [0.29, 0.717) is 6.04 Å². The number of methoxy groups -OCH3 is 1. The first-order chi connectivity index (χ1) is 9.19. The van der Waals surface area contributed by atoms with Crippen molar-refractivity contribution in [3.05, 3.63) is 59.7 Å². The van der Waals surface area contributed by atoms with Gasteiger partial charge in [0, 0.05) is 11.7 Å². The zero-order valence-corrected chi connectivity index (χ0v) is 11.8. The van der Waals surface area contributed by atoms with Gasteiger partial charge in [-0.15, -0.1) is 0 Å². The van der Waals surface area contributed by atoms with E-state index in [1.54, 1.807) is 7.11 Å². The van der Waals surface area contributed by atoms with E-state index in [1.165, 1.54) is 11.1 Å². The van der Waals surface area contributed by atoms with Crippen molar-refractivity contribution in [2.24, 2.45) is 0 Å². The van der Waals surface area contributed by atoms with Crippen LogP contribution in [0.5, 0.6) is 5.75 Å². The van der Waals surface area contributed by atoms with E-state index in [2.05, 4.69) is 55.6 Å². The molecule has 0 saturated heterocycles. The number of para-hydroxylation sites is 1. The van der Waals surface area contributed by atoms with Gasteiger partial charge in [-0.3, -0.25) is 0 Å². The van der Waals surface area contributed by atoms with Crippen LogP contribution in [0.25, 0.3) is 0 Å². The van der Waals surface area contributed by atoms with Crippen molar-refractivity contribution in [3.63, 3.8) is 0 Å². The second-order valence-corrected chi connectivity index (χ2v) is 4.93. The van der Waals surface area contributed by atoms with E-state index in [1.807, 2.05) is 12.1 Å². The molecule has 2 aromatic rings. The van der Waals surface area contributed by atoms with Crippen LogP contribution in [-0.4, -0.2) is 13.2 Å². The van der Waals surface area contributed by atoms with Crippen LogP contribution >= 0.6 is 0 Å². The SMILES string of the molecule is COc1ccccc1CC(C)Nc1ccc(C)cc1. The number of aryl methyl sites for hydroxylation is 1. The molecule has 2 aromatic carbocycles. The van der Waals surface area contributed by atoms with Crippen molar-refractivity contribution in [1.82, 2.24) is 0 Å². The summed E-state index contributed by atoms with van der Waals surface area (Å²) in [5.74, 6) is 0.958. The molecule has 0 spiro atoms. The molecule has 1 N–H and O–H groups in total. The van der Waals surface area contributed by atoms with Crippen LogP contribution in [0.3, 0.4) is 0 Å². The number of rotatable bonds is 5. The maximum absolute atomic E-state index is 5.38. The van der Waals surface area contributed by atoms with Gasteiger partial charge in [0.2, 0.25) is 0 Å². The lowest BCUT2D eigenvalue weighted by Gasteiger charge is -2.17. The Kier molecular flexibility index (Phi) is 4.45. The molecule has 0 amide bonds. The summed E-state index contributed by atoms with van der Waals surface area (Å²) in [7, 11) is 1.72. The molecule has 0 aliphatic heterocycles. The minimum atomic E-state index is 0.360. The summed E-state index contributed by atoms with van der Waals surface area (Å²) in [6, 6.07) is 17.0. The Morgan fingerprint density at radius 2 is 1.74 bits per heavy atom. The summed E-state index contributed by atoms with van der Waals surface area (Å²) < 4.78 is 5.38. The maximum Gasteiger partial charge on any atom is 0.122 e. The van der Waals surface area contributed by atoms with Crippen molar-refractivity contribution in [2.75, 3.05) is 12.4 Å². The lowest BCUT2D eigenvalue weighted by atomic mass is 10.1. The highest BCUT2D eigenvalue weighted by atomic mass is 16.5. The third-order valence-electron chi connectivity index (χ3n) is 3.18. The second kappa shape index (κ2) is 6.28. The third kappa shape index (κ3) is 3.75. The summed E-state index contributed by atoms with van der Waals surface area (Å²) in [4.78, 5) is 0. The largest absolute Gasteiger partial charge is 0.496 e. The number of ether oxygens (including phenoxy) is 1. The average Bonchev–Trinajstić information content (AvgIpc) is 2.42. The molecular formula is C17H21NO. The third-order valence-corrected chi connectivity index (χ3v) is 3.18. The lowest BCUT2D eigenvalue weighted by molar-refractivity contribution is 0.409. The molecule has 2 nitrogen and oxygen atoms in total. The molecule has 0 bridgehead atoms. The highest BCUT2D eigenvalue weighted by Gasteiger charge is 2.07. The zero-order chi connectivity index (χ0) is 13.7. The van der Waals surface area contributed by atoms with Gasteiger partial charge in [0.25, 0.3) is 0 Å².